The maximum absolute atomic E-state index is 13.4. The van der Waals surface area contributed by atoms with Gasteiger partial charge >= 0.3 is 0 Å². The third kappa shape index (κ3) is 6.48. The normalized spacial score (nSPS) is 10.7. The minimum atomic E-state index is -0.556. The first kappa shape index (κ1) is 25.0. The van der Waals surface area contributed by atoms with Gasteiger partial charge in [-0.05, 0) is 54.1 Å². The monoisotopic (exact) mass is 483 g/mol. The quantitative estimate of drug-likeness (QED) is 0.294. The van der Waals surface area contributed by atoms with Gasteiger partial charge in [0.2, 0.25) is 5.91 Å². The van der Waals surface area contributed by atoms with E-state index >= 15 is 0 Å². The summed E-state index contributed by atoms with van der Waals surface area (Å²) in [7, 11) is 0. The Balaban J connectivity index is 1.83. The molecule has 0 saturated carbocycles. The number of halogens is 1. The van der Waals surface area contributed by atoms with Gasteiger partial charge < -0.3 is 9.80 Å². The Morgan fingerprint density at radius 2 is 1.79 bits per heavy atom. The third-order valence-corrected chi connectivity index (χ3v) is 6.36. The van der Waals surface area contributed by atoms with Gasteiger partial charge in [0.15, 0.2) is 0 Å². The molecule has 0 radical (unpaired) electrons. The molecule has 34 heavy (non-hydrogen) atoms. The zero-order valence-corrected chi connectivity index (χ0v) is 19.9. The lowest BCUT2D eigenvalue weighted by atomic mass is 10.1. The fourth-order valence-electron chi connectivity index (χ4n) is 3.50. The number of carbonyl (C=O) groups is 2. The van der Waals surface area contributed by atoms with Crippen LogP contribution in [0.15, 0.2) is 60.0 Å². The molecule has 2 aromatic carbocycles. The van der Waals surface area contributed by atoms with Crippen molar-refractivity contribution in [2.45, 2.75) is 33.4 Å². The van der Waals surface area contributed by atoms with E-state index in [4.69, 9.17) is 0 Å². The summed E-state index contributed by atoms with van der Waals surface area (Å²) in [6.07, 6.45) is 0.621. The Labute approximate surface area is 201 Å². The summed E-state index contributed by atoms with van der Waals surface area (Å²) in [5, 5.41) is 13.1. The number of non-ortho nitro benzene ring substituents is 1. The minimum Gasteiger partial charge on any atom is -0.332 e. The van der Waals surface area contributed by atoms with Crippen molar-refractivity contribution in [3.63, 3.8) is 0 Å². The molecule has 1 heterocycles. The summed E-state index contributed by atoms with van der Waals surface area (Å²) in [6.45, 7) is 4.66. The molecule has 0 unspecified atom stereocenters. The summed E-state index contributed by atoms with van der Waals surface area (Å²) in [5.74, 6) is -1.05. The molecule has 0 aliphatic carbocycles. The van der Waals surface area contributed by atoms with Gasteiger partial charge in [-0.3, -0.25) is 19.7 Å². The van der Waals surface area contributed by atoms with Gasteiger partial charge in [-0.15, -0.1) is 11.3 Å². The van der Waals surface area contributed by atoms with E-state index in [-0.39, 0.29) is 36.1 Å². The van der Waals surface area contributed by atoms with Gasteiger partial charge in [-0.25, -0.2) is 4.39 Å². The fraction of sp³-hybridized carbons (Fsp3) is 0.280. The summed E-state index contributed by atoms with van der Waals surface area (Å²) in [5.41, 5.74) is 1.82. The molecule has 3 aromatic rings. The highest BCUT2D eigenvalue weighted by Gasteiger charge is 2.24. The molecule has 0 N–H and O–H groups in total. The van der Waals surface area contributed by atoms with Crippen molar-refractivity contribution in [1.29, 1.82) is 0 Å². The highest BCUT2D eigenvalue weighted by atomic mass is 32.1. The van der Waals surface area contributed by atoms with Crippen LogP contribution in [0.4, 0.5) is 10.1 Å². The van der Waals surface area contributed by atoms with Crippen molar-refractivity contribution in [2.24, 2.45) is 0 Å². The lowest BCUT2D eigenvalue weighted by Gasteiger charge is -2.28. The fourth-order valence-corrected chi connectivity index (χ4v) is 4.42. The van der Waals surface area contributed by atoms with E-state index in [0.717, 1.165) is 16.0 Å². The Morgan fingerprint density at radius 3 is 2.41 bits per heavy atom. The number of amides is 2. The van der Waals surface area contributed by atoms with Crippen molar-refractivity contribution in [1.82, 2.24) is 9.80 Å². The van der Waals surface area contributed by atoms with Gasteiger partial charge in [-0.1, -0.05) is 25.1 Å². The number of thiophene rings is 1. The van der Waals surface area contributed by atoms with Crippen molar-refractivity contribution in [2.75, 3.05) is 13.1 Å². The lowest BCUT2D eigenvalue weighted by molar-refractivity contribution is -0.384. The van der Waals surface area contributed by atoms with Crippen LogP contribution in [-0.2, 0) is 17.9 Å². The van der Waals surface area contributed by atoms with Gasteiger partial charge in [-0.2, -0.15) is 0 Å². The molecule has 7 nitrogen and oxygen atoms in total. The van der Waals surface area contributed by atoms with E-state index in [1.54, 1.807) is 28.4 Å². The second-order valence-electron chi connectivity index (χ2n) is 7.94. The smallest absolute Gasteiger partial charge is 0.270 e. The molecule has 0 bridgehead atoms. The SMILES string of the molecule is CCCN(CC(=O)N(Cc1ccc(F)cc1)Cc1sccc1C)C(=O)c1cccc([N+](=O)[O-])c1. The molecule has 0 aliphatic rings. The molecule has 0 spiro atoms. The molecule has 178 valence electrons. The van der Waals surface area contributed by atoms with Crippen LogP contribution in [0.5, 0.6) is 0 Å². The minimum absolute atomic E-state index is 0.162. The number of rotatable bonds is 10. The number of benzene rings is 2. The number of nitro benzene ring substituents is 1. The Kier molecular flexibility index (Phi) is 8.48. The van der Waals surface area contributed by atoms with E-state index in [1.807, 2.05) is 25.3 Å². The van der Waals surface area contributed by atoms with Crippen LogP contribution in [0, 0.1) is 22.9 Å². The van der Waals surface area contributed by atoms with Crippen molar-refractivity contribution in [3.8, 4) is 0 Å². The maximum atomic E-state index is 13.4. The second-order valence-corrected chi connectivity index (χ2v) is 8.94. The van der Waals surface area contributed by atoms with Crippen molar-refractivity contribution in [3.05, 3.63) is 97.5 Å². The van der Waals surface area contributed by atoms with Crippen LogP contribution in [0.2, 0.25) is 0 Å². The molecule has 2 amide bonds. The highest BCUT2D eigenvalue weighted by Crippen LogP contribution is 2.21. The maximum Gasteiger partial charge on any atom is 0.270 e. The average Bonchev–Trinajstić information content (AvgIpc) is 3.23. The lowest BCUT2D eigenvalue weighted by Crippen LogP contribution is -2.42. The number of aryl methyl sites for hydroxylation is 1. The van der Waals surface area contributed by atoms with Gasteiger partial charge in [0.1, 0.15) is 12.4 Å². The molecule has 0 aliphatic heterocycles. The van der Waals surface area contributed by atoms with E-state index in [1.165, 1.54) is 41.3 Å². The first-order chi connectivity index (χ1) is 16.3. The van der Waals surface area contributed by atoms with Crippen LogP contribution in [0.1, 0.15) is 39.7 Å². The standard InChI is InChI=1S/C25H26FN3O4S/c1-3-12-27(25(31)20-5-4-6-22(14-20)29(32)33)17-24(30)28(16-23-18(2)11-13-34-23)15-19-7-9-21(26)10-8-19/h4-11,13-14H,3,12,15-17H2,1-2H3. The molecule has 1 aromatic heterocycles. The third-order valence-electron chi connectivity index (χ3n) is 5.35. The molecular formula is C25H26FN3O4S. The van der Waals surface area contributed by atoms with Crippen LogP contribution >= 0.6 is 11.3 Å². The number of hydrogen-bond acceptors (Lipinski definition) is 5. The summed E-state index contributed by atoms with van der Waals surface area (Å²) in [6, 6.07) is 13.5. The van der Waals surface area contributed by atoms with Crippen LogP contribution in [-0.4, -0.2) is 39.6 Å². The molecule has 0 atom stereocenters. The summed E-state index contributed by atoms with van der Waals surface area (Å²) in [4.78, 5) is 41.2. The second kappa shape index (κ2) is 11.5. The molecule has 9 heteroatoms. The van der Waals surface area contributed by atoms with Gasteiger partial charge in [0.25, 0.3) is 11.6 Å². The van der Waals surface area contributed by atoms with Gasteiger partial charge in [0.05, 0.1) is 11.5 Å². The van der Waals surface area contributed by atoms with Crippen molar-refractivity contribution >= 4 is 28.8 Å². The topological polar surface area (TPSA) is 83.8 Å². The van der Waals surface area contributed by atoms with Crippen LogP contribution in [0.3, 0.4) is 0 Å². The molecular weight excluding hydrogens is 457 g/mol. The Bertz CT molecular complexity index is 1160. The highest BCUT2D eigenvalue weighted by molar-refractivity contribution is 7.10. The number of nitrogens with zero attached hydrogens (tertiary/aromatic N) is 3. The Morgan fingerprint density at radius 1 is 1.06 bits per heavy atom. The van der Waals surface area contributed by atoms with Gasteiger partial charge in [0, 0.05) is 35.7 Å². The van der Waals surface area contributed by atoms with E-state index in [2.05, 4.69) is 0 Å². The van der Waals surface area contributed by atoms with E-state index < -0.39 is 10.8 Å². The molecule has 0 saturated heterocycles. The number of carbonyl (C=O) groups excluding carboxylic acids is 2. The van der Waals surface area contributed by atoms with Crippen LogP contribution in [0.25, 0.3) is 0 Å². The van der Waals surface area contributed by atoms with E-state index in [9.17, 15) is 24.1 Å². The first-order valence-electron chi connectivity index (χ1n) is 10.9. The average molecular weight is 484 g/mol. The molecule has 0 fully saturated rings. The zero-order chi connectivity index (χ0) is 24.7. The van der Waals surface area contributed by atoms with E-state index in [0.29, 0.717) is 19.5 Å². The predicted octanol–water partition coefficient (Wildman–Crippen LogP) is 5.19. The zero-order valence-electron chi connectivity index (χ0n) is 19.1. The first-order valence-corrected chi connectivity index (χ1v) is 11.8. The summed E-state index contributed by atoms with van der Waals surface area (Å²) < 4.78 is 13.4. The largest absolute Gasteiger partial charge is 0.332 e. The van der Waals surface area contributed by atoms with Crippen LogP contribution < -0.4 is 0 Å². The van der Waals surface area contributed by atoms with Crippen molar-refractivity contribution < 1.29 is 18.9 Å². The molecule has 3 rings (SSSR count). The summed E-state index contributed by atoms with van der Waals surface area (Å²) >= 11 is 1.55. The number of hydrogen-bond donors (Lipinski definition) is 0. The predicted molar refractivity (Wildman–Crippen MR) is 129 cm³/mol. The Hall–Kier alpha value is -3.59. The number of nitro groups is 1.